The van der Waals surface area contributed by atoms with Crippen LogP contribution in [0, 0.1) is 0 Å². The van der Waals surface area contributed by atoms with Gasteiger partial charge in [-0.1, -0.05) is 84.4 Å². The van der Waals surface area contributed by atoms with Crippen LogP contribution in [-0.2, 0) is 0 Å². The summed E-state index contributed by atoms with van der Waals surface area (Å²) in [4.78, 5) is 0. The number of hydrogen-bond donors (Lipinski definition) is 0. The third kappa shape index (κ3) is 2.52. The van der Waals surface area contributed by atoms with E-state index in [9.17, 15) is 0 Å². The van der Waals surface area contributed by atoms with E-state index in [1.807, 2.05) is 6.07 Å². The lowest BCUT2D eigenvalue weighted by Crippen LogP contribution is -1.83. The van der Waals surface area contributed by atoms with Crippen LogP contribution in [0.3, 0.4) is 0 Å². The number of benzene rings is 4. The van der Waals surface area contributed by atoms with E-state index >= 15 is 0 Å². The lowest BCUT2D eigenvalue weighted by atomic mass is 9.98. The van der Waals surface area contributed by atoms with Crippen LogP contribution in [0.5, 0.6) is 0 Å². The number of thiophene rings is 1. The standard InChI is InChI=1S/C24H15ClS/c25-24-19(13-14-22-23(24)20-11-4-5-12-21(20)26-22)18-10-6-9-17(15-18)16-7-2-1-3-8-16/h1-15H. The second-order valence-corrected chi connectivity index (χ2v) is 7.81. The van der Waals surface area contributed by atoms with Crippen LogP contribution < -0.4 is 0 Å². The third-order valence-electron chi connectivity index (χ3n) is 4.76. The number of rotatable bonds is 2. The Balaban J connectivity index is 1.72. The number of fused-ring (bicyclic) bond motifs is 3. The summed E-state index contributed by atoms with van der Waals surface area (Å²) in [6.45, 7) is 0. The van der Waals surface area contributed by atoms with Crippen molar-refractivity contribution < 1.29 is 0 Å². The van der Waals surface area contributed by atoms with Gasteiger partial charge in [0.1, 0.15) is 0 Å². The van der Waals surface area contributed by atoms with Crippen LogP contribution >= 0.6 is 22.9 Å². The van der Waals surface area contributed by atoms with Gasteiger partial charge in [0.25, 0.3) is 0 Å². The average molecular weight is 371 g/mol. The summed E-state index contributed by atoms with van der Waals surface area (Å²) in [5, 5.41) is 3.23. The fraction of sp³-hybridized carbons (Fsp3) is 0. The van der Waals surface area contributed by atoms with E-state index in [2.05, 4.69) is 84.9 Å². The lowest BCUT2D eigenvalue weighted by Gasteiger charge is -2.09. The zero-order chi connectivity index (χ0) is 17.5. The number of halogens is 1. The predicted molar refractivity (Wildman–Crippen MR) is 115 cm³/mol. The Hall–Kier alpha value is -2.61. The Morgan fingerprint density at radius 2 is 1.31 bits per heavy atom. The number of hydrogen-bond acceptors (Lipinski definition) is 1. The molecule has 1 heterocycles. The van der Waals surface area contributed by atoms with Crippen molar-refractivity contribution in [1.82, 2.24) is 0 Å². The molecule has 0 nitrogen and oxygen atoms in total. The minimum atomic E-state index is 0.838. The van der Waals surface area contributed by atoms with Crippen molar-refractivity contribution >= 4 is 43.1 Å². The van der Waals surface area contributed by atoms with E-state index in [4.69, 9.17) is 11.6 Å². The molecule has 2 heteroatoms. The lowest BCUT2D eigenvalue weighted by molar-refractivity contribution is 1.60. The maximum absolute atomic E-state index is 6.90. The van der Waals surface area contributed by atoms with E-state index in [0.717, 1.165) is 21.5 Å². The van der Waals surface area contributed by atoms with Crippen molar-refractivity contribution in [1.29, 1.82) is 0 Å². The van der Waals surface area contributed by atoms with Crippen LogP contribution in [0.15, 0.2) is 91.0 Å². The van der Waals surface area contributed by atoms with E-state index in [0.29, 0.717) is 0 Å². The van der Waals surface area contributed by atoms with Gasteiger partial charge in [0, 0.05) is 25.7 Å². The molecule has 0 aliphatic heterocycles. The van der Waals surface area contributed by atoms with Gasteiger partial charge in [0.15, 0.2) is 0 Å². The maximum Gasteiger partial charge on any atom is 0.0577 e. The van der Waals surface area contributed by atoms with Crippen molar-refractivity contribution in [2.75, 3.05) is 0 Å². The maximum atomic E-state index is 6.90. The SMILES string of the molecule is Clc1c(-c2cccc(-c3ccccc3)c2)ccc2sc3ccccc3c12. The van der Waals surface area contributed by atoms with Crippen molar-refractivity contribution in [3.05, 3.63) is 96.0 Å². The van der Waals surface area contributed by atoms with Crippen LogP contribution in [0.25, 0.3) is 42.4 Å². The molecule has 124 valence electrons. The fourth-order valence-electron chi connectivity index (χ4n) is 3.49. The van der Waals surface area contributed by atoms with E-state index in [-0.39, 0.29) is 0 Å². The highest BCUT2D eigenvalue weighted by Crippen LogP contribution is 2.42. The molecular weight excluding hydrogens is 356 g/mol. The first-order valence-electron chi connectivity index (χ1n) is 8.57. The van der Waals surface area contributed by atoms with Crippen molar-refractivity contribution in [2.24, 2.45) is 0 Å². The van der Waals surface area contributed by atoms with Crippen LogP contribution in [0.2, 0.25) is 5.02 Å². The smallest absolute Gasteiger partial charge is 0.0577 e. The monoisotopic (exact) mass is 370 g/mol. The summed E-state index contributed by atoms with van der Waals surface area (Å²) in [5.41, 5.74) is 4.65. The quantitative estimate of drug-likeness (QED) is 0.295. The summed E-state index contributed by atoms with van der Waals surface area (Å²) in [5.74, 6) is 0. The zero-order valence-electron chi connectivity index (χ0n) is 13.9. The van der Waals surface area contributed by atoms with Crippen LogP contribution in [0.4, 0.5) is 0 Å². The van der Waals surface area contributed by atoms with Gasteiger partial charge in [-0.15, -0.1) is 11.3 Å². The Morgan fingerprint density at radius 3 is 2.19 bits per heavy atom. The van der Waals surface area contributed by atoms with Crippen LogP contribution in [-0.4, -0.2) is 0 Å². The van der Waals surface area contributed by atoms with Gasteiger partial charge in [0.2, 0.25) is 0 Å². The summed E-state index contributed by atoms with van der Waals surface area (Å²) < 4.78 is 2.51. The van der Waals surface area contributed by atoms with Crippen molar-refractivity contribution in [2.45, 2.75) is 0 Å². The summed E-state index contributed by atoms with van der Waals surface area (Å²) in [6, 6.07) is 31.9. The molecule has 0 spiro atoms. The minimum absolute atomic E-state index is 0.838. The normalized spacial score (nSPS) is 11.3. The van der Waals surface area contributed by atoms with Gasteiger partial charge < -0.3 is 0 Å². The third-order valence-corrected chi connectivity index (χ3v) is 6.29. The van der Waals surface area contributed by atoms with Crippen molar-refractivity contribution in [3.8, 4) is 22.3 Å². The fourth-order valence-corrected chi connectivity index (χ4v) is 5.04. The molecule has 0 saturated heterocycles. The van der Waals surface area contributed by atoms with Gasteiger partial charge in [-0.2, -0.15) is 0 Å². The second-order valence-electron chi connectivity index (χ2n) is 6.35. The Labute approximate surface area is 161 Å². The molecule has 5 aromatic rings. The molecule has 26 heavy (non-hydrogen) atoms. The van der Waals surface area contributed by atoms with Gasteiger partial charge in [-0.05, 0) is 34.9 Å². The van der Waals surface area contributed by atoms with Gasteiger partial charge in [-0.3, -0.25) is 0 Å². The highest BCUT2D eigenvalue weighted by molar-refractivity contribution is 7.26. The molecule has 0 fully saturated rings. The molecule has 0 bridgehead atoms. The highest BCUT2D eigenvalue weighted by Gasteiger charge is 2.13. The molecule has 0 unspecified atom stereocenters. The molecule has 1 aromatic heterocycles. The van der Waals surface area contributed by atoms with E-state index < -0.39 is 0 Å². The molecule has 0 radical (unpaired) electrons. The Kier molecular flexibility index (Phi) is 3.77. The topological polar surface area (TPSA) is 0 Å². The first-order chi connectivity index (χ1) is 12.8. The van der Waals surface area contributed by atoms with Crippen molar-refractivity contribution in [3.63, 3.8) is 0 Å². The Morgan fingerprint density at radius 1 is 0.577 bits per heavy atom. The highest BCUT2D eigenvalue weighted by atomic mass is 35.5. The van der Waals surface area contributed by atoms with Gasteiger partial charge in [0.05, 0.1) is 5.02 Å². The zero-order valence-corrected chi connectivity index (χ0v) is 15.5. The van der Waals surface area contributed by atoms with E-state index in [1.165, 1.54) is 25.9 Å². The summed E-state index contributed by atoms with van der Waals surface area (Å²) >= 11 is 8.70. The van der Waals surface area contributed by atoms with E-state index in [1.54, 1.807) is 11.3 Å². The molecular formula is C24H15ClS. The molecule has 5 rings (SSSR count). The minimum Gasteiger partial charge on any atom is -0.135 e. The second kappa shape index (κ2) is 6.28. The molecule has 0 aliphatic carbocycles. The molecule has 0 amide bonds. The Bertz CT molecular complexity index is 1240. The predicted octanol–water partition coefficient (Wildman–Crippen LogP) is 8.04. The average Bonchev–Trinajstić information content (AvgIpc) is 3.08. The molecule has 0 N–H and O–H groups in total. The molecule has 0 aliphatic rings. The summed E-state index contributed by atoms with van der Waals surface area (Å²) in [7, 11) is 0. The molecule has 0 atom stereocenters. The van der Waals surface area contributed by atoms with Gasteiger partial charge >= 0.3 is 0 Å². The first kappa shape index (κ1) is 15.6. The van der Waals surface area contributed by atoms with Crippen LogP contribution in [0.1, 0.15) is 0 Å². The summed E-state index contributed by atoms with van der Waals surface area (Å²) in [6.07, 6.45) is 0. The molecule has 0 saturated carbocycles. The van der Waals surface area contributed by atoms with Gasteiger partial charge in [-0.25, -0.2) is 0 Å². The molecule has 4 aromatic carbocycles. The first-order valence-corrected chi connectivity index (χ1v) is 9.76. The largest absolute Gasteiger partial charge is 0.135 e.